The molecule has 0 bridgehead atoms. The van der Waals surface area contributed by atoms with E-state index in [9.17, 15) is 0 Å². The Morgan fingerprint density at radius 1 is 1.28 bits per heavy atom. The maximum atomic E-state index is 5.75. The highest BCUT2D eigenvalue weighted by molar-refractivity contribution is 5.31. The topological polar surface area (TPSA) is 30.5 Å². The van der Waals surface area contributed by atoms with E-state index in [0.717, 1.165) is 25.4 Å². The lowest BCUT2D eigenvalue weighted by Gasteiger charge is -2.24. The Morgan fingerprint density at radius 3 is 2.56 bits per heavy atom. The summed E-state index contributed by atoms with van der Waals surface area (Å²) in [5.41, 5.74) is 1.51. The van der Waals surface area contributed by atoms with Crippen LogP contribution in [0.15, 0.2) is 24.3 Å². The maximum absolute atomic E-state index is 5.75. The fourth-order valence-electron chi connectivity index (χ4n) is 1.97. The predicted molar refractivity (Wildman–Crippen MR) is 73.2 cm³/mol. The van der Waals surface area contributed by atoms with Crippen LogP contribution in [0.1, 0.15) is 26.3 Å². The van der Waals surface area contributed by atoms with Gasteiger partial charge in [-0.15, -0.1) is 0 Å². The van der Waals surface area contributed by atoms with E-state index in [1.807, 2.05) is 12.1 Å². The van der Waals surface area contributed by atoms with Crippen molar-refractivity contribution in [3.8, 4) is 5.75 Å². The molecule has 1 atom stereocenters. The van der Waals surface area contributed by atoms with E-state index in [2.05, 4.69) is 38.2 Å². The monoisotopic (exact) mass is 249 g/mol. The Bertz CT molecular complexity index is 361. The van der Waals surface area contributed by atoms with Crippen LogP contribution in [0.5, 0.6) is 5.75 Å². The number of hydrogen-bond donors (Lipinski definition) is 1. The Kier molecular flexibility index (Phi) is 4.25. The maximum Gasteiger partial charge on any atom is 0.119 e. The molecule has 0 spiro atoms. The van der Waals surface area contributed by atoms with Gasteiger partial charge in [-0.1, -0.05) is 32.9 Å². The van der Waals surface area contributed by atoms with Gasteiger partial charge in [-0.25, -0.2) is 0 Å². The quantitative estimate of drug-likeness (QED) is 0.892. The van der Waals surface area contributed by atoms with Crippen molar-refractivity contribution < 1.29 is 9.47 Å². The molecule has 1 heterocycles. The summed E-state index contributed by atoms with van der Waals surface area (Å²) in [5, 5.41) is 3.30. The summed E-state index contributed by atoms with van der Waals surface area (Å²) in [4.78, 5) is 0. The van der Waals surface area contributed by atoms with Crippen LogP contribution in [0, 0.1) is 0 Å². The molecule has 18 heavy (non-hydrogen) atoms. The van der Waals surface area contributed by atoms with Gasteiger partial charge in [-0.3, -0.25) is 0 Å². The number of benzene rings is 1. The van der Waals surface area contributed by atoms with Crippen molar-refractivity contribution in [3.05, 3.63) is 29.8 Å². The first-order chi connectivity index (χ1) is 8.55. The third-order valence-corrected chi connectivity index (χ3v) is 3.16. The van der Waals surface area contributed by atoms with Crippen molar-refractivity contribution in [2.75, 3.05) is 26.3 Å². The number of nitrogens with one attached hydrogen (secondary N) is 1. The molecule has 0 aromatic heterocycles. The molecule has 1 saturated heterocycles. The molecule has 1 aromatic carbocycles. The van der Waals surface area contributed by atoms with Gasteiger partial charge in [0, 0.05) is 13.1 Å². The van der Waals surface area contributed by atoms with Crippen LogP contribution in [0.2, 0.25) is 0 Å². The molecule has 1 unspecified atom stereocenters. The SMILES string of the molecule is CC(C)(C)c1ccc(OCC2CNCCO2)cc1. The van der Waals surface area contributed by atoms with E-state index >= 15 is 0 Å². The van der Waals surface area contributed by atoms with Gasteiger partial charge < -0.3 is 14.8 Å². The van der Waals surface area contributed by atoms with E-state index in [1.54, 1.807) is 0 Å². The molecule has 1 N–H and O–H groups in total. The normalized spacial score (nSPS) is 20.7. The predicted octanol–water partition coefficient (Wildman–Crippen LogP) is 2.35. The molecule has 1 aliphatic rings. The summed E-state index contributed by atoms with van der Waals surface area (Å²) in [6.45, 7) is 9.84. The third kappa shape index (κ3) is 3.72. The molecule has 3 heteroatoms. The first kappa shape index (κ1) is 13.4. The summed E-state index contributed by atoms with van der Waals surface area (Å²) in [5.74, 6) is 0.914. The van der Waals surface area contributed by atoms with Crippen LogP contribution >= 0.6 is 0 Å². The highest BCUT2D eigenvalue weighted by Crippen LogP contribution is 2.24. The average Bonchev–Trinajstić information content (AvgIpc) is 2.37. The first-order valence-electron chi connectivity index (χ1n) is 6.61. The third-order valence-electron chi connectivity index (χ3n) is 3.16. The van der Waals surface area contributed by atoms with Crippen LogP contribution in [0.25, 0.3) is 0 Å². The Labute approximate surface area is 109 Å². The van der Waals surface area contributed by atoms with Crippen LogP contribution in [0.3, 0.4) is 0 Å². The lowest BCUT2D eigenvalue weighted by Crippen LogP contribution is -2.41. The summed E-state index contributed by atoms with van der Waals surface area (Å²) in [6.07, 6.45) is 0.168. The number of ether oxygens (including phenoxy) is 2. The highest BCUT2D eigenvalue weighted by Gasteiger charge is 2.15. The van der Waals surface area contributed by atoms with Crippen molar-refractivity contribution in [1.82, 2.24) is 5.32 Å². The molecule has 0 amide bonds. The molecular weight excluding hydrogens is 226 g/mol. The zero-order valence-electron chi connectivity index (χ0n) is 11.5. The van der Waals surface area contributed by atoms with E-state index in [0.29, 0.717) is 6.61 Å². The van der Waals surface area contributed by atoms with Gasteiger partial charge in [0.1, 0.15) is 18.5 Å². The van der Waals surface area contributed by atoms with Gasteiger partial charge >= 0.3 is 0 Å². The highest BCUT2D eigenvalue weighted by atomic mass is 16.5. The minimum atomic E-state index is 0.168. The second-order valence-corrected chi connectivity index (χ2v) is 5.78. The fourth-order valence-corrected chi connectivity index (χ4v) is 1.97. The van der Waals surface area contributed by atoms with Crippen molar-refractivity contribution in [3.63, 3.8) is 0 Å². The summed E-state index contributed by atoms with van der Waals surface area (Å²) in [6, 6.07) is 8.35. The molecule has 3 nitrogen and oxygen atoms in total. The number of hydrogen-bond acceptors (Lipinski definition) is 3. The molecule has 0 aliphatic carbocycles. The summed E-state index contributed by atoms with van der Waals surface area (Å²) < 4.78 is 11.3. The van der Waals surface area contributed by atoms with Gasteiger partial charge in [0.2, 0.25) is 0 Å². The lowest BCUT2D eigenvalue weighted by atomic mass is 9.87. The Hall–Kier alpha value is -1.06. The molecular formula is C15H23NO2. The van der Waals surface area contributed by atoms with Crippen LogP contribution in [-0.2, 0) is 10.2 Å². The van der Waals surface area contributed by atoms with E-state index < -0.39 is 0 Å². The lowest BCUT2D eigenvalue weighted by molar-refractivity contribution is 0.000189. The largest absolute Gasteiger partial charge is 0.491 e. The van der Waals surface area contributed by atoms with Gasteiger partial charge in [-0.2, -0.15) is 0 Å². The van der Waals surface area contributed by atoms with Crippen molar-refractivity contribution in [2.45, 2.75) is 32.3 Å². The van der Waals surface area contributed by atoms with Crippen LogP contribution in [-0.4, -0.2) is 32.4 Å². The molecule has 0 radical (unpaired) electrons. The van der Waals surface area contributed by atoms with Gasteiger partial charge in [0.25, 0.3) is 0 Å². The minimum absolute atomic E-state index is 0.168. The molecule has 1 aliphatic heterocycles. The minimum Gasteiger partial charge on any atom is -0.491 e. The van der Waals surface area contributed by atoms with Gasteiger partial charge in [-0.05, 0) is 23.1 Å². The standard InChI is InChI=1S/C15H23NO2/c1-15(2,3)12-4-6-13(7-5-12)18-11-14-10-16-8-9-17-14/h4-7,14,16H,8-11H2,1-3H3. The van der Waals surface area contributed by atoms with Crippen LogP contribution < -0.4 is 10.1 Å². The Balaban J connectivity index is 1.86. The van der Waals surface area contributed by atoms with E-state index in [4.69, 9.17) is 9.47 Å². The summed E-state index contributed by atoms with van der Waals surface area (Å²) in [7, 11) is 0. The summed E-state index contributed by atoms with van der Waals surface area (Å²) >= 11 is 0. The average molecular weight is 249 g/mol. The number of morpholine rings is 1. The van der Waals surface area contributed by atoms with Crippen molar-refractivity contribution in [2.24, 2.45) is 0 Å². The second-order valence-electron chi connectivity index (χ2n) is 5.78. The molecule has 1 fully saturated rings. The molecule has 2 rings (SSSR count). The van der Waals surface area contributed by atoms with Crippen molar-refractivity contribution >= 4 is 0 Å². The molecule has 0 saturated carbocycles. The molecule has 100 valence electrons. The van der Waals surface area contributed by atoms with Gasteiger partial charge in [0.15, 0.2) is 0 Å². The number of rotatable bonds is 3. The van der Waals surface area contributed by atoms with Crippen molar-refractivity contribution in [1.29, 1.82) is 0 Å². The van der Waals surface area contributed by atoms with Gasteiger partial charge in [0.05, 0.1) is 6.61 Å². The Morgan fingerprint density at radius 2 is 2.00 bits per heavy atom. The van der Waals surface area contributed by atoms with E-state index in [1.165, 1.54) is 5.56 Å². The van der Waals surface area contributed by atoms with E-state index in [-0.39, 0.29) is 11.5 Å². The zero-order valence-corrected chi connectivity index (χ0v) is 11.5. The smallest absolute Gasteiger partial charge is 0.119 e. The first-order valence-corrected chi connectivity index (χ1v) is 6.61. The zero-order chi connectivity index (χ0) is 13.0. The fraction of sp³-hybridized carbons (Fsp3) is 0.600. The van der Waals surface area contributed by atoms with Crippen LogP contribution in [0.4, 0.5) is 0 Å². The second kappa shape index (κ2) is 5.72. The molecule has 1 aromatic rings.